The number of aromatic nitrogens is 1. The van der Waals surface area contributed by atoms with Gasteiger partial charge in [0.05, 0.1) is 11.7 Å². The number of H-pyrrole nitrogens is 1. The summed E-state index contributed by atoms with van der Waals surface area (Å²) in [5.41, 5.74) is 1.73. The van der Waals surface area contributed by atoms with Crippen LogP contribution >= 0.6 is 0 Å². The molecule has 2 aliphatic heterocycles. The Balaban J connectivity index is 1.29. The molecule has 1 spiro atoms. The molecule has 1 atom stereocenters. The molecule has 7 nitrogen and oxygen atoms in total. The van der Waals surface area contributed by atoms with Crippen molar-refractivity contribution in [2.45, 2.75) is 44.3 Å². The number of hydrogen-bond acceptors (Lipinski definition) is 3. The average molecular weight is 370 g/mol. The lowest BCUT2D eigenvalue weighted by Crippen LogP contribution is -2.48. The van der Waals surface area contributed by atoms with E-state index in [1.807, 2.05) is 35.4 Å². The molecule has 144 valence electrons. The van der Waals surface area contributed by atoms with E-state index < -0.39 is 0 Å². The van der Waals surface area contributed by atoms with Crippen molar-refractivity contribution in [1.29, 1.82) is 0 Å². The normalized spacial score (nSPS) is 21.5. The zero-order valence-corrected chi connectivity index (χ0v) is 15.6. The number of anilines is 1. The zero-order valence-electron chi connectivity index (χ0n) is 15.6. The van der Waals surface area contributed by atoms with Gasteiger partial charge in [0.1, 0.15) is 0 Å². The van der Waals surface area contributed by atoms with Crippen LogP contribution in [-0.2, 0) is 9.53 Å². The molecule has 2 aromatic rings. The van der Waals surface area contributed by atoms with Crippen LogP contribution in [0.15, 0.2) is 30.5 Å². The summed E-state index contributed by atoms with van der Waals surface area (Å²) in [4.78, 5) is 28.7. The molecule has 3 amide bonds. The highest BCUT2D eigenvalue weighted by molar-refractivity contribution is 5.92. The monoisotopic (exact) mass is 370 g/mol. The molecule has 27 heavy (non-hydrogen) atoms. The number of carbonyl (C=O) groups is 2. The van der Waals surface area contributed by atoms with E-state index in [2.05, 4.69) is 15.6 Å². The summed E-state index contributed by atoms with van der Waals surface area (Å²) in [6.07, 6.45) is 5.62. The molecule has 0 bridgehead atoms. The summed E-state index contributed by atoms with van der Waals surface area (Å²) in [5, 5.41) is 6.91. The van der Waals surface area contributed by atoms with Crippen LogP contribution in [0.4, 0.5) is 10.5 Å². The smallest absolute Gasteiger partial charge is 0.321 e. The zero-order chi connectivity index (χ0) is 18.9. The van der Waals surface area contributed by atoms with Crippen molar-refractivity contribution >= 4 is 28.5 Å². The van der Waals surface area contributed by atoms with Gasteiger partial charge in [-0.3, -0.25) is 4.79 Å². The van der Waals surface area contributed by atoms with Gasteiger partial charge in [-0.15, -0.1) is 0 Å². The maximum atomic E-state index is 12.6. The van der Waals surface area contributed by atoms with E-state index in [-0.39, 0.29) is 23.6 Å². The first-order valence-electron chi connectivity index (χ1n) is 9.58. The Kier molecular flexibility index (Phi) is 4.78. The fourth-order valence-electron chi connectivity index (χ4n) is 4.12. The minimum Gasteiger partial charge on any atom is -0.370 e. The number of hydrogen-bond donors (Lipinski definition) is 3. The summed E-state index contributed by atoms with van der Waals surface area (Å²) in [6, 6.07) is 7.78. The van der Waals surface area contributed by atoms with Gasteiger partial charge in [-0.1, -0.05) is 0 Å². The van der Waals surface area contributed by atoms with Crippen molar-refractivity contribution in [2.24, 2.45) is 0 Å². The highest BCUT2D eigenvalue weighted by Crippen LogP contribution is 2.38. The van der Waals surface area contributed by atoms with Crippen LogP contribution in [0, 0.1) is 0 Å². The number of amides is 3. The van der Waals surface area contributed by atoms with E-state index in [9.17, 15) is 9.59 Å². The molecule has 2 aliphatic rings. The Morgan fingerprint density at radius 3 is 2.85 bits per heavy atom. The number of rotatable bonds is 3. The molecule has 3 N–H and O–H groups in total. The molecule has 3 heterocycles. The lowest BCUT2D eigenvalue weighted by molar-refractivity contribution is -0.120. The Hall–Kier alpha value is -2.54. The summed E-state index contributed by atoms with van der Waals surface area (Å²) in [7, 11) is 0. The second-order valence-corrected chi connectivity index (χ2v) is 7.60. The Bertz CT molecular complexity index is 839. The van der Waals surface area contributed by atoms with Crippen LogP contribution in [-0.4, -0.2) is 53.2 Å². The van der Waals surface area contributed by atoms with E-state index in [1.165, 1.54) is 6.92 Å². The van der Waals surface area contributed by atoms with Crippen molar-refractivity contribution < 1.29 is 14.3 Å². The number of fused-ring (bicyclic) bond motifs is 1. The van der Waals surface area contributed by atoms with E-state index in [1.54, 1.807) is 0 Å². The van der Waals surface area contributed by atoms with E-state index >= 15 is 0 Å². The molecule has 1 aromatic heterocycles. The third-order valence-electron chi connectivity index (χ3n) is 5.68. The summed E-state index contributed by atoms with van der Waals surface area (Å²) in [5.74, 6) is -0.0242. The van der Waals surface area contributed by atoms with E-state index in [4.69, 9.17) is 4.74 Å². The molecule has 0 aliphatic carbocycles. The maximum Gasteiger partial charge on any atom is 0.321 e. The number of piperidine rings is 1. The Labute approximate surface area is 158 Å². The van der Waals surface area contributed by atoms with Crippen LogP contribution in [0.1, 0.15) is 32.6 Å². The summed E-state index contributed by atoms with van der Waals surface area (Å²) in [6.45, 7) is 3.47. The van der Waals surface area contributed by atoms with Crippen molar-refractivity contribution in [3.05, 3.63) is 30.5 Å². The number of likely N-dealkylation sites (tertiary alicyclic amines) is 1. The number of ether oxygens (including phenoxy) is 1. The standard InChI is InChI=1S/C20H26N4O3/c1-14(25)22-13-17-4-6-20(27-17)7-10-24(11-8-20)19(26)23-16-2-3-18-15(12-16)5-9-21-18/h2-3,5,9,12,17,21H,4,6-8,10-11,13H2,1H3,(H,22,25)(H,23,26). The first-order valence-corrected chi connectivity index (χ1v) is 9.58. The van der Waals surface area contributed by atoms with Gasteiger partial charge in [-0.2, -0.15) is 0 Å². The predicted octanol–water partition coefficient (Wildman–Crippen LogP) is 2.85. The quantitative estimate of drug-likeness (QED) is 0.776. The number of aromatic amines is 1. The summed E-state index contributed by atoms with van der Waals surface area (Å²) >= 11 is 0. The largest absolute Gasteiger partial charge is 0.370 e. The van der Waals surface area contributed by atoms with Gasteiger partial charge in [0.25, 0.3) is 0 Å². The van der Waals surface area contributed by atoms with Crippen molar-refractivity contribution in [2.75, 3.05) is 25.0 Å². The van der Waals surface area contributed by atoms with Gasteiger partial charge >= 0.3 is 6.03 Å². The van der Waals surface area contributed by atoms with Gasteiger partial charge in [0.2, 0.25) is 5.91 Å². The number of urea groups is 1. The highest BCUT2D eigenvalue weighted by Gasteiger charge is 2.43. The molecular formula is C20H26N4O3. The molecule has 0 saturated carbocycles. The van der Waals surface area contributed by atoms with Crippen LogP contribution in [0.3, 0.4) is 0 Å². The Morgan fingerprint density at radius 2 is 2.07 bits per heavy atom. The fraction of sp³-hybridized carbons (Fsp3) is 0.500. The van der Waals surface area contributed by atoms with Crippen LogP contribution in [0.5, 0.6) is 0 Å². The molecule has 0 radical (unpaired) electrons. The van der Waals surface area contributed by atoms with Gasteiger partial charge in [-0.05, 0) is 49.9 Å². The fourth-order valence-corrected chi connectivity index (χ4v) is 4.12. The minimum atomic E-state index is -0.135. The molecule has 2 fully saturated rings. The third kappa shape index (κ3) is 3.93. The van der Waals surface area contributed by atoms with Crippen molar-refractivity contribution in [1.82, 2.24) is 15.2 Å². The van der Waals surface area contributed by atoms with Gasteiger partial charge in [0.15, 0.2) is 0 Å². The van der Waals surface area contributed by atoms with Crippen molar-refractivity contribution in [3.63, 3.8) is 0 Å². The molecular weight excluding hydrogens is 344 g/mol. The van der Waals surface area contributed by atoms with Gasteiger partial charge < -0.3 is 25.3 Å². The Morgan fingerprint density at radius 1 is 1.26 bits per heavy atom. The SMILES string of the molecule is CC(=O)NCC1CCC2(CCN(C(=O)Nc3ccc4[nH]ccc4c3)CC2)O1. The van der Waals surface area contributed by atoms with Crippen LogP contribution in [0.25, 0.3) is 10.9 Å². The number of nitrogens with one attached hydrogen (secondary N) is 3. The average Bonchev–Trinajstić information content (AvgIpc) is 3.27. The molecule has 7 heteroatoms. The number of nitrogens with zero attached hydrogens (tertiary/aromatic N) is 1. The topological polar surface area (TPSA) is 86.5 Å². The lowest BCUT2D eigenvalue weighted by atomic mass is 9.88. The molecule has 4 rings (SSSR count). The lowest BCUT2D eigenvalue weighted by Gasteiger charge is -2.39. The third-order valence-corrected chi connectivity index (χ3v) is 5.68. The number of carbonyl (C=O) groups excluding carboxylic acids is 2. The van der Waals surface area contributed by atoms with Gasteiger partial charge in [-0.25, -0.2) is 4.79 Å². The second-order valence-electron chi connectivity index (χ2n) is 7.60. The first kappa shape index (κ1) is 17.9. The molecule has 1 aromatic carbocycles. The number of benzene rings is 1. The van der Waals surface area contributed by atoms with E-state index in [0.717, 1.165) is 42.3 Å². The highest BCUT2D eigenvalue weighted by atomic mass is 16.5. The van der Waals surface area contributed by atoms with Gasteiger partial charge in [0, 0.05) is 49.3 Å². The van der Waals surface area contributed by atoms with Crippen molar-refractivity contribution in [3.8, 4) is 0 Å². The maximum absolute atomic E-state index is 12.6. The predicted molar refractivity (Wildman–Crippen MR) is 104 cm³/mol. The molecule has 1 unspecified atom stereocenters. The minimum absolute atomic E-state index is 0.0242. The second kappa shape index (κ2) is 7.23. The summed E-state index contributed by atoms with van der Waals surface area (Å²) < 4.78 is 6.25. The van der Waals surface area contributed by atoms with Crippen LogP contribution < -0.4 is 10.6 Å². The molecule has 2 saturated heterocycles. The van der Waals surface area contributed by atoms with E-state index in [0.29, 0.717) is 19.6 Å². The van der Waals surface area contributed by atoms with Crippen LogP contribution in [0.2, 0.25) is 0 Å². The first-order chi connectivity index (χ1) is 13.0.